The minimum Gasteiger partial charge on any atom is -0.496 e. The monoisotopic (exact) mass is 513 g/mol. The molecule has 0 aliphatic carbocycles. The molecule has 0 radical (unpaired) electrons. The third kappa shape index (κ3) is 7.64. The van der Waals surface area contributed by atoms with Crippen molar-refractivity contribution in [2.75, 3.05) is 34.4 Å². The Balaban J connectivity index is 0.00000420. The summed E-state index contributed by atoms with van der Waals surface area (Å²) in [6.07, 6.45) is 0.886. The van der Waals surface area contributed by atoms with E-state index in [-0.39, 0.29) is 24.0 Å². The molecule has 2 aromatic carbocycles. The Kier molecular flexibility index (Phi) is 11.3. The van der Waals surface area contributed by atoms with Crippen LogP contribution in [0.5, 0.6) is 17.2 Å². The second-order valence-electron chi connectivity index (χ2n) is 6.37. The second-order valence-corrected chi connectivity index (χ2v) is 6.37. The van der Waals surface area contributed by atoms with Gasteiger partial charge in [0.05, 0.1) is 27.9 Å². The summed E-state index contributed by atoms with van der Waals surface area (Å²) in [5.74, 6) is 3.14. The second kappa shape index (κ2) is 13.1. The van der Waals surface area contributed by atoms with Crippen molar-refractivity contribution in [1.29, 1.82) is 0 Å². The standard InChI is InChI=1S/C22H31N3O3.HI/c1-6-23-22(24-12-11-17-8-7-16(2)20(13-17)27-4)25-15-18-9-10-19(26-3)21(14-18)28-5;/h7-10,13-14H,6,11-12,15H2,1-5H3,(H2,23,24,25);1H. The fourth-order valence-electron chi connectivity index (χ4n) is 2.84. The van der Waals surface area contributed by atoms with E-state index in [1.54, 1.807) is 21.3 Å². The number of benzene rings is 2. The molecule has 0 aliphatic rings. The Hall–Kier alpha value is -2.16. The van der Waals surface area contributed by atoms with E-state index in [0.717, 1.165) is 42.3 Å². The minimum absolute atomic E-state index is 0. The average molecular weight is 513 g/mol. The predicted octanol–water partition coefficient (Wildman–Crippen LogP) is 3.94. The minimum atomic E-state index is 0. The number of nitrogens with one attached hydrogen (secondary N) is 2. The zero-order valence-corrected chi connectivity index (χ0v) is 20.2. The van der Waals surface area contributed by atoms with Crippen LogP contribution in [-0.4, -0.2) is 40.4 Å². The normalized spacial score (nSPS) is 10.7. The van der Waals surface area contributed by atoms with Crippen LogP contribution in [0, 0.1) is 6.92 Å². The van der Waals surface area contributed by atoms with Crippen LogP contribution in [0.1, 0.15) is 23.6 Å². The molecular weight excluding hydrogens is 481 g/mol. The number of aliphatic imine (C=N–C) groups is 1. The van der Waals surface area contributed by atoms with Gasteiger partial charge >= 0.3 is 0 Å². The Labute approximate surface area is 191 Å². The van der Waals surface area contributed by atoms with E-state index in [1.165, 1.54) is 5.56 Å². The van der Waals surface area contributed by atoms with Gasteiger partial charge in [0.1, 0.15) is 5.75 Å². The summed E-state index contributed by atoms with van der Waals surface area (Å²) in [7, 11) is 4.97. The first-order valence-corrected chi connectivity index (χ1v) is 9.47. The summed E-state index contributed by atoms with van der Waals surface area (Å²) < 4.78 is 16.0. The van der Waals surface area contributed by atoms with Crippen LogP contribution < -0.4 is 24.8 Å². The number of rotatable bonds is 9. The van der Waals surface area contributed by atoms with Gasteiger partial charge in [-0.3, -0.25) is 0 Å². The number of nitrogens with zero attached hydrogens (tertiary/aromatic N) is 1. The topological polar surface area (TPSA) is 64.1 Å². The van der Waals surface area contributed by atoms with E-state index in [1.807, 2.05) is 25.1 Å². The first-order valence-electron chi connectivity index (χ1n) is 9.47. The quantitative estimate of drug-likeness (QED) is 0.302. The average Bonchev–Trinajstić information content (AvgIpc) is 2.72. The number of aryl methyl sites for hydroxylation is 1. The number of hydrogen-bond donors (Lipinski definition) is 2. The molecule has 0 atom stereocenters. The number of ether oxygens (including phenoxy) is 3. The van der Waals surface area contributed by atoms with E-state index in [9.17, 15) is 0 Å². The molecule has 0 unspecified atom stereocenters. The fourth-order valence-corrected chi connectivity index (χ4v) is 2.84. The van der Waals surface area contributed by atoms with E-state index < -0.39 is 0 Å². The fraction of sp³-hybridized carbons (Fsp3) is 0.409. The highest BCUT2D eigenvalue weighted by Gasteiger charge is 2.05. The van der Waals surface area contributed by atoms with Gasteiger partial charge < -0.3 is 24.8 Å². The molecule has 0 saturated heterocycles. The summed E-state index contributed by atoms with van der Waals surface area (Å²) in [6.45, 7) is 6.23. The molecule has 0 amide bonds. The summed E-state index contributed by atoms with van der Waals surface area (Å²) in [4.78, 5) is 4.67. The zero-order chi connectivity index (χ0) is 20.4. The molecule has 0 bridgehead atoms. The maximum atomic E-state index is 5.40. The highest BCUT2D eigenvalue weighted by atomic mass is 127. The molecule has 6 nitrogen and oxygen atoms in total. The molecule has 0 aromatic heterocycles. The van der Waals surface area contributed by atoms with Gasteiger partial charge in [-0.1, -0.05) is 18.2 Å². The van der Waals surface area contributed by atoms with Crippen LogP contribution in [0.25, 0.3) is 0 Å². The Bertz CT molecular complexity index is 797. The molecule has 160 valence electrons. The van der Waals surface area contributed by atoms with Gasteiger partial charge in [0, 0.05) is 13.1 Å². The summed E-state index contributed by atoms with van der Waals surface area (Å²) in [6, 6.07) is 12.1. The third-order valence-corrected chi connectivity index (χ3v) is 4.39. The van der Waals surface area contributed by atoms with Crippen molar-refractivity contribution >= 4 is 29.9 Å². The molecule has 0 saturated carbocycles. The maximum Gasteiger partial charge on any atom is 0.191 e. The van der Waals surface area contributed by atoms with Crippen LogP contribution in [0.15, 0.2) is 41.4 Å². The number of halogens is 1. The summed E-state index contributed by atoms with van der Waals surface area (Å²) in [5, 5.41) is 6.66. The molecule has 0 fully saturated rings. The van der Waals surface area contributed by atoms with Gasteiger partial charge in [-0.2, -0.15) is 0 Å². The smallest absolute Gasteiger partial charge is 0.191 e. The Morgan fingerprint density at radius 2 is 1.52 bits per heavy atom. The predicted molar refractivity (Wildman–Crippen MR) is 129 cm³/mol. The summed E-state index contributed by atoms with van der Waals surface area (Å²) in [5.41, 5.74) is 3.42. The van der Waals surface area contributed by atoms with E-state index in [0.29, 0.717) is 18.0 Å². The lowest BCUT2D eigenvalue weighted by atomic mass is 10.1. The zero-order valence-electron chi connectivity index (χ0n) is 17.9. The summed E-state index contributed by atoms with van der Waals surface area (Å²) >= 11 is 0. The van der Waals surface area contributed by atoms with Gasteiger partial charge in [0.25, 0.3) is 0 Å². The van der Waals surface area contributed by atoms with Crippen LogP contribution in [-0.2, 0) is 13.0 Å². The van der Waals surface area contributed by atoms with Crippen LogP contribution in [0.4, 0.5) is 0 Å². The van der Waals surface area contributed by atoms with Gasteiger partial charge in [0.2, 0.25) is 0 Å². The van der Waals surface area contributed by atoms with E-state index in [2.05, 4.69) is 40.7 Å². The highest BCUT2D eigenvalue weighted by Crippen LogP contribution is 2.27. The number of methoxy groups -OCH3 is 3. The first-order chi connectivity index (χ1) is 13.6. The first kappa shape index (κ1) is 24.9. The maximum absolute atomic E-state index is 5.40. The van der Waals surface area contributed by atoms with Crippen LogP contribution in [0.3, 0.4) is 0 Å². The van der Waals surface area contributed by atoms with E-state index in [4.69, 9.17) is 14.2 Å². The largest absolute Gasteiger partial charge is 0.496 e. The SMILES string of the molecule is CCNC(=NCc1ccc(OC)c(OC)c1)NCCc1ccc(C)c(OC)c1.I. The van der Waals surface area contributed by atoms with Gasteiger partial charge in [0.15, 0.2) is 17.5 Å². The molecule has 0 spiro atoms. The molecule has 7 heteroatoms. The molecule has 29 heavy (non-hydrogen) atoms. The van der Waals surface area contributed by atoms with Crippen molar-refractivity contribution < 1.29 is 14.2 Å². The third-order valence-electron chi connectivity index (χ3n) is 4.39. The van der Waals surface area contributed by atoms with Crippen molar-refractivity contribution in [3.05, 3.63) is 53.1 Å². The van der Waals surface area contributed by atoms with Crippen molar-refractivity contribution in [3.8, 4) is 17.2 Å². The molecule has 2 N–H and O–H groups in total. The molecule has 2 aromatic rings. The van der Waals surface area contributed by atoms with Gasteiger partial charge in [-0.25, -0.2) is 4.99 Å². The lowest BCUT2D eigenvalue weighted by Gasteiger charge is -2.13. The molecule has 0 heterocycles. The van der Waals surface area contributed by atoms with Crippen molar-refractivity contribution in [2.24, 2.45) is 4.99 Å². The Morgan fingerprint density at radius 3 is 2.17 bits per heavy atom. The van der Waals surface area contributed by atoms with Crippen molar-refractivity contribution in [1.82, 2.24) is 10.6 Å². The van der Waals surface area contributed by atoms with Gasteiger partial charge in [-0.15, -0.1) is 24.0 Å². The highest BCUT2D eigenvalue weighted by molar-refractivity contribution is 14.0. The number of hydrogen-bond acceptors (Lipinski definition) is 4. The van der Waals surface area contributed by atoms with Crippen LogP contribution in [0.2, 0.25) is 0 Å². The number of guanidine groups is 1. The lowest BCUT2D eigenvalue weighted by molar-refractivity contribution is 0.354. The Morgan fingerprint density at radius 1 is 0.862 bits per heavy atom. The molecular formula is C22H32IN3O3. The van der Waals surface area contributed by atoms with Crippen molar-refractivity contribution in [3.63, 3.8) is 0 Å². The van der Waals surface area contributed by atoms with Crippen molar-refractivity contribution in [2.45, 2.75) is 26.8 Å². The lowest BCUT2D eigenvalue weighted by Crippen LogP contribution is -2.38. The van der Waals surface area contributed by atoms with Crippen LogP contribution >= 0.6 is 24.0 Å². The molecule has 0 aliphatic heterocycles. The van der Waals surface area contributed by atoms with E-state index >= 15 is 0 Å². The molecule has 2 rings (SSSR count). The van der Waals surface area contributed by atoms with Gasteiger partial charge in [-0.05, 0) is 55.2 Å².